The largest absolute Gasteiger partial charge is 0.416 e. The van der Waals surface area contributed by atoms with E-state index in [0.717, 1.165) is 43.4 Å². The Bertz CT molecular complexity index is 1190. The molecule has 0 fully saturated rings. The third-order valence-electron chi connectivity index (χ3n) is 5.53. The van der Waals surface area contributed by atoms with Gasteiger partial charge in [-0.3, -0.25) is 9.59 Å². The standard InChI is InChI=1S/C25H22F3N3O2/c1-16(32)29-22-11-8-20(25(26,27)28)14-23(22)30-24(33)18-6-9-21(10-7-18)31-13-12-17-4-2-3-5-19(17)15-31/h2-11,14H,12-13,15H2,1H3,(H,29,32)(H,30,33). The highest BCUT2D eigenvalue weighted by molar-refractivity contribution is 6.07. The van der Waals surface area contributed by atoms with Gasteiger partial charge in [-0.05, 0) is 60.0 Å². The smallest absolute Gasteiger partial charge is 0.367 e. The molecule has 33 heavy (non-hydrogen) atoms. The number of hydrogen-bond acceptors (Lipinski definition) is 3. The van der Waals surface area contributed by atoms with Gasteiger partial charge in [0.15, 0.2) is 0 Å². The number of nitrogens with zero attached hydrogens (tertiary/aromatic N) is 1. The summed E-state index contributed by atoms with van der Waals surface area (Å²) in [6.45, 7) is 2.86. The van der Waals surface area contributed by atoms with Gasteiger partial charge in [-0.1, -0.05) is 24.3 Å². The van der Waals surface area contributed by atoms with Crippen molar-refractivity contribution < 1.29 is 22.8 Å². The van der Waals surface area contributed by atoms with Gasteiger partial charge < -0.3 is 15.5 Å². The molecule has 4 rings (SSSR count). The van der Waals surface area contributed by atoms with Crippen molar-refractivity contribution in [3.63, 3.8) is 0 Å². The van der Waals surface area contributed by atoms with Crippen LogP contribution in [0.25, 0.3) is 0 Å². The van der Waals surface area contributed by atoms with Gasteiger partial charge in [-0.2, -0.15) is 13.2 Å². The van der Waals surface area contributed by atoms with Gasteiger partial charge >= 0.3 is 6.18 Å². The Morgan fingerprint density at radius 2 is 1.58 bits per heavy atom. The van der Waals surface area contributed by atoms with E-state index < -0.39 is 23.6 Å². The molecule has 2 amide bonds. The number of rotatable bonds is 4. The van der Waals surface area contributed by atoms with Crippen LogP contribution in [-0.2, 0) is 23.9 Å². The number of carbonyl (C=O) groups is 2. The molecule has 0 saturated carbocycles. The Morgan fingerprint density at radius 3 is 2.24 bits per heavy atom. The van der Waals surface area contributed by atoms with Crippen molar-refractivity contribution in [3.05, 3.63) is 89.0 Å². The molecule has 0 aromatic heterocycles. The van der Waals surface area contributed by atoms with Gasteiger partial charge in [0.2, 0.25) is 5.91 Å². The fourth-order valence-electron chi connectivity index (χ4n) is 3.86. The average Bonchev–Trinajstić information content (AvgIpc) is 2.79. The van der Waals surface area contributed by atoms with Crippen LogP contribution in [0.4, 0.5) is 30.2 Å². The number of alkyl halides is 3. The van der Waals surface area contributed by atoms with Crippen molar-refractivity contribution in [1.82, 2.24) is 0 Å². The Balaban J connectivity index is 1.52. The minimum Gasteiger partial charge on any atom is -0.367 e. The summed E-state index contributed by atoms with van der Waals surface area (Å²) >= 11 is 0. The Labute approximate surface area is 189 Å². The summed E-state index contributed by atoms with van der Waals surface area (Å²) in [6.07, 6.45) is -3.65. The number of nitrogens with one attached hydrogen (secondary N) is 2. The van der Waals surface area contributed by atoms with Crippen LogP contribution in [0.3, 0.4) is 0 Å². The third kappa shape index (κ3) is 5.16. The second-order valence-electron chi connectivity index (χ2n) is 7.88. The molecule has 5 nitrogen and oxygen atoms in total. The first-order chi connectivity index (χ1) is 15.7. The van der Waals surface area contributed by atoms with Gasteiger partial charge in [0.25, 0.3) is 5.91 Å². The lowest BCUT2D eigenvalue weighted by molar-refractivity contribution is -0.137. The minimum absolute atomic E-state index is 0.0902. The summed E-state index contributed by atoms with van der Waals surface area (Å²) < 4.78 is 39.4. The molecule has 0 saturated heterocycles. The zero-order valence-corrected chi connectivity index (χ0v) is 17.9. The molecule has 0 bridgehead atoms. The van der Waals surface area contributed by atoms with Gasteiger partial charge in [0.1, 0.15) is 0 Å². The Hall–Kier alpha value is -3.81. The van der Waals surface area contributed by atoms with Crippen molar-refractivity contribution in [2.45, 2.75) is 26.1 Å². The van der Waals surface area contributed by atoms with Crippen molar-refractivity contribution in [3.8, 4) is 0 Å². The average molecular weight is 453 g/mol. The zero-order valence-electron chi connectivity index (χ0n) is 17.9. The predicted octanol–water partition coefficient (Wildman–Crippen LogP) is 5.48. The monoisotopic (exact) mass is 453 g/mol. The molecule has 1 aliphatic rings. The molecule has 0 unspecified atom stereocenters. The highest BCUT2D eigenvalue weighted by Crippen LogP contribution is 2.34. The SMILES string of the molecule is CC(=O)Nc1ccc(C(F)(F)F)cc1NC(=O)c1ccc(N2CCc3ccccc3C2)cc1. The summed E-state index contributed by atoms with van der Waals surface area (Å²) in [6, 6.07) is 18.0. The number of benzene rings is 3. The van der Waals surface area contributed by atoms with Crippen molar-refractivity contribution in [2.24, 2.45) is 0 Å². The quantitative estimate of drug-likeness (QED) is 0.550. The summed E-state index contributed by atoms with van der Waals surface area (Å²) in [4.78, 5) is 26.4. The van der Waals surface area contributed by atoms with E-state index in [4.69, 9.17) is 0 Å². The number of amides is 2. The molecule has 0 spiro atoms. The number of anilines is 3. The molecule has 8 heteroatoms. The topological polar surface area (TPSA) is 61.4 Å². The third-order valence-corrected chi connectivity index (χ3v) is 5.53. The van der Waals surface area contributed by atoms with Crippen LogP contribution in [0.2, 0.25) is 0 Å². The molecule has 2 N–H and O–H groups in total. The van der Waals surface area contributed by atoms with E-state index in [1.807, 2.05) is 24.3 Å². The summed E-state index contributed by atoms with van der Waals surface area (Å²) in [5, 5.41) is 4.93. The van der Waals surface area contributed by atoms with E-state index >= 15 is 0 Å². The first-order valence-electron chi connectivity index (χ1n) is 10.4. The van der Waals surface area contributed by atoms with Gasteiger partial charge in [-0.25, -0.2) is 0 Å². The van der Waals surface area contributed by atoms with E-state index in [2.05, 4.69) is 27.7 Å². The maximum atomic E-state index is 13.1. The maximum absolute atomic E-state index is 13.1. The molecule has 3 aromatic rings. The number of halogens is 3. The van der Waals surface area contributed by atoms with Gasteiger partial charge in [0, 0.05) is 31.3 Å². The molecule has 3 aromatic carbocycles. The van der Waals surface area contributed by atoms with Crippen LogP contribution >= 0.6 is 0 Å². The summed E-state index contributed by atoms with van der Waals surface area (Å²) in [5.74, 6) is -1.03. The molecule has 0 radical (unpaired) electrons. The van der Waals surface area contributed by atoms with E-state index in [1.54, 1.807) is 12.1 Å². The lowest BCUT2D eigenvalue weighted by Gasteiger charge is -2.30. The normalized spacial score (nSPS) is 13.3. The van der Waals surface area contributed by atoms with E-state index in [9.17, 15) is 22.8 Å². The summed E-state index contributed by atoms with van der Waals surface area (Å²) in [5.41, 5.74) is 2.89. The Morgan fingerprint density at radius 1 is 0.879 bits per heavy atom. The molecular weight excluding hydrogens is 431 g/mol. The second kappa shape index (κ2) is 8.97. The highest BCUT2D eigenvalue weighted by Gasteiger charge is 2.31. The second-order valence-corrected chi connectivity index (χ2v) is 7.88. The van der Waals surface area contributed by atoms with Crippen LogP contribution in [0.1, 0.15) is 34.0 Å². The fraction of sp³-hybridized carbons (Fsp3) is 0.200. The molecule has 1 heterocycles. The van der Waals surface area contributed by atoms with Crippen LogP contribution < -0.4 is 15.5 Å². The lowest BCUT2D eigenvalue weighted by Crippen LogP contribution is -2.30. The summed E-state index contributed by atoms with van der Waals surface area (Å²) in [7, 11) is 0. The van der Waals surface area contributed by atoms with E-state index in [1.165, 1.54) is 18.1 Å². The minimum atomic E-state index is -4.58. The fourth-order valence-corrected chi connectivity index (χ4v) is 3.86. The number of hydrogen-bond donors (Lipinski definition) is 2. The van der Waals surface area contributed by atoms with Crippen molar-refractivity contribution in [2.75, 3.05) is 22.1 Å². The molecule has 1 aliphatic heterocycles. The molecular formula is C25H22F3N3O2. The van der Waals surface area contributed by atoms with Crippen LogP contribution in [-0.4, -0.2) is 18.4 Å². The van der Waals surface area contributed by atoms with Crippen LogP contribution in [0.5, 0.6) is 0 Å². The Kier molecular flexibility index (Phi) is 6.09. The van der Waals surface area contributed by atoms with Crippen LogP contribution in [0.15, 0.2) is 66.7 Å². The number of carbonyl (C=O) groups excluding carboxylic acids is 2. The number of fused-ring (bicyclic) bond motifs is 1. The predicted molar refractivity (Wildman–Crippen MR) is 121 cm³/mol. The van der Waals surface area contributed by atoms with E-state index in [-0.39, 0.29) is 11.4 Å². The van der Waals surface area contributed by atoms with Crippen molar-refractivity contribution >= 4 is 28.9 Å². The lowest BCUT2D eigenvalue weighted by atomic mass is 9.99. The van der Waals surface area contributed by atoms with E-state index in [0.29, 0.717) is 5.56 Å². The molecule has 170 valence electrons. The molecule has 0 atom stereocenters. The van der Waals surface area contributed by atoms with Crippen LogP contribution in [0, 0.1) is 0 Å². The first-order valence-corrected chi connectivity index (χ1v) is 10.4. The highest BCUT2D eigenvalue weighted by atomic mass is 19.4. The zero-order chi connectivity index (χ0) is 23.6. The first kappa shape index (κ1) is 22.4. The van der Waals surface area contributed by atoms with Gasteiger partial charge in [-0.15, -0.1) is 0 Å². The van der Waals surface area contributed by atoms with Crippen molar-refractivity contribution in [1.29, 1.82) is 0 Å². The molecule has 0 aliphatic carbocycles. The van der Waals surface area contributed by atoms with Gasteiger partial charge in [0.05, 0.1) is 16.9 Å². The maximum Gasteiger partial charge on any atom is 0.416 e.